The quantitative estimate of drug-likeness (QED) is 0.691. The number of aryl methyl sites for hydroxylation is 1. The average Bonchev–Trinajstić information content (AvgIpc) is 2.37. The smallest absolute Gasteiger partial charge is 0.0110 e. The molecule has 0 bridgehead atoms. The molecular formula is C20H35N. The molecule has 1 nitrogen and oxygen atoms in total. The van der Waals surface area contributed by atoms with Crippen LogP contribution in [0.2, 0.25) is 0 Å². The van der Waals surface area contributed by atoms with Crippen molar-refractivity contribution in [2.45, 2.75) is 73.3 Å². The van der Waals surface area contributed by atoms with Crippen LogP contribution in [0.3, 0.4) is 0 Å². The molecular weight excluding hydrogens is 254 g/mol. The Morgan fingerprint density at radius 1 is 1.00 bits per heavy atom. The highest BCUT2D eigenvalue weighted by Crippen LogP contribution is 2.27. The van der Waals surface area contributed by atoms with Crippen LogP contribution in [-0.4, -0.2) is 12.6 Å². The van der Waals surface area contributed by atoms with Crippen molar-refractivity contribution < 1.29 is 0 Å². The Morgan fingerprint density at radius 2 is 1.57 bits per heavy atom. The van der Waals surface area contributed by atoms with Crippen molar-refractivity contribution in [3.8, 4) is 0 Å². The first kappa shape index (κ1) is 18.2. The SMILES string of the molecule is CCNC(Cc1ccc(CC)cc1)CC(C)CC(C)(C)C. The molecule has 21 heavy (non-hydrogen) atoms. The van der Waals surface area contributed by atoms with E-state index in [0.29, 0.717) is 11.5 Å². The molecule has 1 heteroatoms. The molecule has 0 fully saturated rings. The van der Waals surface area contributed by atoms with E-state index in [4.69, 9.17) is 0 Å². The van der Waals surface area contributed by atoms with Crippen molar-refractivity contribution in [1.29, 1.82) is 0 Å². The van der Waals surface area contributed by atoms with Crippen molar-refractivity contribution in [3.05, 3.63) is 35.4 Å². The summed E-state index contributed by atoms with van der Waals surface area (Å²) in [5.74, 6) is 0.768. The van der Waals surface area contributed by atoms with E-state index in [1.807, 2.05) is 0 Å². The summed E-state index contributed by atoms with van der Waals surface area (Å²) >= 11 is 0. The predicted octanol–water partition coefficient (Wildman–Crippen LogP) is 5.23. The van der Waals surface area contributed by atoms with Crippen LogP contribution in [0.1, 0.15) is 65.5 Å². The average molecular weight is 290 g/mol. The summed E-state index contributed by atoms with van der Waals surface area (Å²) < 4.78 is 0. The molecule has 0 aliphatic heterocycles. The molecule has 1 N–H and O–H groups in total. The minimum absolute atomic E-state index is 0.430. The minimum Gasteiger partial charge on any atom is -0.314 e. The van der Waals surface area contributed by atoms with E-state index in [9.17, 15) is 0 Å². The van der Waals surface area contributed by atoms with E-state index in [0.717, 1.165) is 25.3 Å². The molecule has 0 aliphatic rings. The van der Waals surface area contributed by atoms with Gasteiger partial charge in [0, 0.05) is 6.04 Å². The Labute approximate surface area is 132 Å². The van der Waals surface area contributed by atoms with Crippen LogP contribution in [0.25, 0.3) is 0 Å². The van der Waals surface area contributed by atoms with E-state index >= 15 is 0 Å². The summed E-state index contributed by atoms with van der Waals surface area (Å²) in [6.07, 6.45) is 4.83. The molecule has 1 aromatic rings. The van der Waals surface area contributed by atoms with E-state index < -0.39 is 0 Å². The predicted molar refractivity (Wildman–Crippen MR) is 94.8 cm³/mol. The van der Waals surface area contributed by atoms with Crippen LogP contribution >= 0.6 is 0 Å². The molecule has 0 aliphatic carbocycles. The first-order chi connectivity index (χ1) is 9.84. The molecule has 0 saturated carbocycles. The molecule has 120 valence electrons. The summed E-state index contributed by atoms with van der Waals surface area (Å²) in [6.45, 7) is 14.9. The molecule has 1 rings (SSSR count). The van der Waals surface area contributed by atoms with Gasteiger partial charge in [-0.25, -0.2) is 0 Å². The molecule has 0 radical (unpaired) electrons. The van der Waals surface area contributed by atoms with E-state index in [-0.39, 0.29) is 0 Å². The van der Waals surface area contributed by atoms with E-state index in [1.54, 1.807) is 0 Å². The van der Waals surface area contributed by atoms with E-state index in [1.165, 1.54) is 24.0 Å². The Morgan fingerprint density at radius 3 is 2.05 bits per heavy atom. The molecule has 0 amide bonds. The first-order valence-electron chi connectivity index (χ1n) is 8.65. The van der Waals surface area contributed by atoms with Crippen molar-refractivity contribution in [1.82, 2.24) is 5.32 Å². The Hall–Kier alpha value is -0.820. The van der Waals surface area contributed by atoms with Crippen molar-refractivity contribution >= 4 is 0 Å². The first-order valence-corrected chi connectivity index (χ1v) is 8.65. The van der Waals surface area contributed by atoms with Crippen LogP contribution in [0.15, 0.2) is 24.3 Å². The highest BCUT2D eigenvalue weighted by molar-refractivity contribution is 5.23. The van der Waals surface area contributed by atoms with Gasteiger partial charge in [-0.1, -0.05) is 65.8 Å². The van der Waals surface area contributed by atoms with Gasteiger partial charge < -0.3 is 5.32 Å². The number of rotatable bonds is 8. The number of nitrogens with one attached hydrogen (secondary N) is 1. The van der Waals surface area contributed by atoms with Gasteiger partial charge in [-0.05, 0) is 54.7 Å². The van der Waals surface area contributed by atoms with Crippen LogP contribution in [0.4, 0.5) is 0 Å². The number of hydrogen-bond donors (Lipinski definition) is 1. The Balaban J connectivity index is 2.59. The zero-order chi connectivity index (χ0) is 15.9. The fraction of sp³-hybridized carbons (Fsp3) is 0.700. The van der Waals surface area contributed by atoms with Crippen LogP contribution < -0.4 is 5.32 Å². The standard InChI is InChI=1S/C20H35N/c1-7-17-9-11-18(12-10-17)14-19(21-8-2)13-16(3)15-20(4,5)6/h9-12,16,19,21H,7-8,13-15H2,1-6H3. The van der Waals surface area contributed by atoms with Gasteiger partial charge in [0.15, 0.2) is 0 Å². The van der Waals surface area contributed by atoms with Crippen molar-refractivity contribution in [3.63, 3.8) is 0 Å². The summed E-state index contributed by atoms with van der Waals surface area (Å²) in [4.78, 5) is 0. The molecule has 0 aromatic heterocycles. The molecule has 2 unspecified atom stereocenters. The van der Waals surface area contributed by atoms with Crippen molar-refractivity contribution in [2.24, 2.45) is 11.3 Å². The number of benzene rings is 1. The second kappa shape index (κ2) is 8.58. The lowest BCUT2D eigenvalue weighted by Crippen LogP contribution is -2.33. The third-order valence-electron chi connectivity index (χ3n) is 4.05. The lowest BCUT2D eigenvalue weighted by Gasteiger charge is -2.27. The van der Waals surface area contributed by atoms with Crippen LogP contribution in [0.5, 0.6) is 0 Å². The van der Waals surface area contributed by atoms with Gasteiger partial charge in [-0.3, -0.25) is 0 Å². The zero-order valence-electron chi connectivity index (χ0n) is 15.0. The molecule has 0 spiro atoms. The molecule has 1 aromatic carbocycles. The maximum absolute atomic E-state index is 3.68. The van der Waals surface area contributed by atoms with Crippen molar-refractivity contribution in [2.75, 3.05) is 6.54 Å². The van der Waals surface area contributed by atoms with Gasteiger partial charge >= 0.3 is 0 Å². The van der Waals surface area contributed by atoms with Gasteiger partial charge in [-0.2, -0.15) is 0 Å². The maximum atomic E-state index is 3.68. The second-order valence-electron chi connectivity index (χ2n) is 7.73. The normalized spacial score (nSPS) is 15.0. The minimum atomic E-state index is 0.430. The fourth-order valence-corrected chi connectivity index (χ4v) is 3.34. The second-order valence-corrected chi connectivity index (χ2v) is 7.73. The highest BCUT2D eigenvalue weighted by atomic mass is 14.9. The lowest BCUT2D eigenvalue weighted by molar-refractivity contribution is 0.275. The summed E-state index contributed by atoms with van der Waals surface area (Å²) in [6, 6.07) is 9.75. The van der Waals surface area contributed by atoms with Gasteiger partial charge in [0.25, 0.3) is 0 Å². The summed E-state index contributed by atoms with van der Waals surface area (Å²) in [5.41, 5.74) is 3.32. The third-order valence-corrected chi connectivity index (χ3v) is 4.05. The summed E-state index contributed by atoms with van der Waals surface area (Å²) in [7, 11) is 0. The van der Waals surface area contributed by atoms with Gasteiger partial charge in [0.05, 0.1) is 0 Å². The largest absolute Gasteiger partial charge is 0.314 e. The number of likely N-dealkylation sites (N-methyl/N-ethyl adjacent to an activating group) is 1. The zero-order valence-corrected chi connectivity index (χ0v) is 15.0. The fourth-order valence-electron chi connectivity index (χ4n) is 3.34. The topological polar surface area (TPSA) is 12.0 Å². The molecule has 0 heterocycles. The monoisotopic (exact) mass is 289 g/mol. The number of hydrogen-bond acceptors (Lipinski definition) is 1. The molecule has 0 saturated heterocycles. The summed E-state index contributed by atoms with van der Waals surface area (Å²) in [5, 5.41) is 3.68. The van der Waals surface area contributed by atoms with Gasteiger partial charge in [0.2, 0.25) is 0 Å². The van der Waals surface area contributed by atoms with Crippen LogP contribution in [0, 0.1) is 11.3 Å². The van der Waals surface area contributed by atoms with Crippen LogP contribution in [-0.2, 0) is 12.8 Å². The third kappa shape index (κ3) is 7.66. The maximum Gasteiger partial charge on any atom is 0.0110 e. The van der Waals surface area contributed by atoms with Gasteiger partial charge in [-0.15, -0.1) is 0 Å². The highest BCUT2D eigenvalue weighted by Gasteiger charge is 2.19. The molecule has 2 atom stereocenters. The Bertz CT molecular complexity index is 385. The Kier molecular flexibility index (Phi) is 7.45. The van der Waals surface area contributed by atoms with Gasteiger partial charge in [0.1, 0.15) is 0 Å². The lowest BCUT2D eigenvalue weighted by atomic mass is 9.82. The van der Waals surface area contributed by atoms with E-state index in [2.05, 4.69) is 71.1 Å².